The molecule has 5 heteroatoms. The Bertz CT molecular complexity index is 451. The predicted octanol–water partition coefficient (Wildman–Crippen LogP) is 3.02. The summed E-state index contributed by atoms with van der Waals surface area (Å²) in [5.41, 5.74) is 7.39. The Labute approximate surface area is 125 Å². The third kappa shape index (κ3) is 3.62. The molecular weight excluding hydrogens is 283 g/mol. The highest BCUT2D eigenvalue weighted by molar-refractivity contribution is 6.33. The zero-order valence-corrected chi connectivity index (χ0v) is 12.6. The fraction of sp³-hybridized carbons (Fsp3) is 0.500. The molecule has 1 aromatic rings. The SMILES string of the molecule is Cc1ccc(C(=O)N2CCCCC2CN)c(Cl)c1.Cl. The number of benzene rings is 1. The van der Waals surface area contributed by atoms with Gasteiger partial charge in [-0.25, -0.2) is 0 Å². The van der Waals surface area contributed by atoms with Gasteiger partial charge in [0.1, 0.15) is 0 Å². The number of likely N-dealkylation sites (tertiary alicyclic amines) is 1. The van der Waals surface area contributed by atoms with Gasteiger partial charge in [-0.2, -0.15) is 0 Å². The zero-order valence-electron chi connectivity index (χ0n) is 11.1. The van der Waals surface area contributed by atoms with Gasteiger partial charge in [0.25, 0.3) is 5.91 Å². The van der Waals surface area contributed by atoms with Crippen LogP contribution >= 0.6 is 24.0 Å². The van der Waals surface area contributed by atoms with Gasteiger partial charge in [0.15, 0.2) is 0 Å². The minimum atomic E-state index is 0. The van der Waals surface area contributed by atoms with Crippen LogP contribution in [0.1, 0.15) is 35.2 Å². The standard InChI is InChI=1S/C14H19ClN2O.ClH/c1-10-5-6-12(13(15)8-10)14(18)17-7-3-2-4-11(17)9-16;/h5-6,8,11H,2-4,7,9,16H2,1H3;1H. The third-order valence-corrected chi connectivity index (χ3v) is 3.83. The van der Waals surface area contributed by atoms with Gasteiger partial charge in [0.05, 0.1) is 10.6 Å². The number of nitrogens with two attached hydrogens (primary N) is 1. The normalized spacial score (nSPS) is 18.9. The molecule has 1 fully saturated rings. The van der Waals surface area contributed by atoms with E-state index in [2.05, 4.69) is 0 Å². The Morgan fingerprint density at radius 1 is 1.47 bits per heavy atom. The molecular formula is C14H20Cl2N2O. The molecule has 1 unspecified atom stereocenters. The molecule has 106 valence electrons. The molecule has 0 spiro atoms. The first-order valence-electron chi connectivity index (χ1n) is 6.40. The van der Waals surface area contributed by atoms with E-state index in [9.17, 15) is 4.79 Å². The van der Waals surface area contributed by atoms with Gasteiger partial charge in [-0.1, -0.05) is 17.7 Å². The van der Waals surface area contributed by atoms with Crippen molar-refractivity contribution in [2.24, 2.45) is 5.73 Å². The highest BCUT2D eigenvalue weighted by atomic mass is 35.5. The lowest BCUT2D eigenvalue weighted by molar-refractivity contribution is 0.0623. The van der Waals surface area contributed by atoms with Crippen LogP contribution in [0.5, 0.6) is 0 Å². The molecule has 0 aromatic heterocycles. The first kappa shape index (κ1) is 16.3. The quantitative estimate of drug-likeness (QED) is 0.913. The smallest absolute Gasteiger partial charge is 0.255 e. The zero-order chi connectivity index (χ0) is 13.1. The van der Waals surface area contributed by atoms with Gasteiger partial charge in [0.2, 0.25) is 0 Å². The first-order chi connectivity index (χ1) is 8.63. The van der Waals surface area contributed by atoms with Gasteiger partial charge in [0, 0.05) is 19.1 Å². The van der Waals surface area contributed by atoms with Gasteiger partial charge < -0.3 is 10.6 Å². The highest BCUT2D eigenvalue weighted by Crippen LogP contribution is 2.23. The molecule has 1 amide bonds. The fourth-order valence-electron chi connectivity index (χ4n) is 2.46. The lowest BCUT2D eigenvalue weighted by Crippen LogP contribution is -2.47. The molecule has 2 N–H and O–H groups in total. The van der Waals surface area contributed by atoms with Crippen molar-refractivity contribution in [1.29, 1.82) is 0 Å². The molecule has 0 saturated carbocycles. The van der Waals surface area contributed by atoms with Gasteiger partial charge in [-0.3, -0.25) is 4.79 Å². The first-order valence-corrected chi connectivity index (χ1v) is 6.78. The highest BCUT2D eigenvalue weighted by Gasteiger charge is 2.27. The minimum absolute atomic E-state index is 0. The summed E-state index contributed by atoms with van der Waals surface area (Å²) in [4.78, 5) is 14.4. The summed E-state index contributed by atoms with van der Waals surface area (Å²) in [5, 5.41) is 0.529. The molecule has 1 heterocycles. The van der Waals surface area contributed by atoms with Crippen LogP contribution in [0.4, 0.5) is 0 Å². The summed E-state index contributed by atoms with van der Waals surface area (Å²) < 4.78 is 0. The number of piperidine rings is 1. The summed E-state index contributed by atoms with van der Waals surface area (Å²) in [7, 11) is 0. The number of nitrogens with zero attached hydrogens (tertiary/aromatic N) is 1. The van der Waals surface area contributed by atoms with Crippen molar-refractivity contribution in [1.82, 2.24) is 4.90 Å². The minimum Gasteiger partial charge on any atom is -0.334 e. The van der Waals surface area contributed by atoms with Crippen molar-refractivity contribution in [3.05, 3.63) is 34.3 Å². The molecule has 1 saturated heterocycles. The molecule has 0 bridgehead atoms. The topological polar surface area (TPSA) is 46.3 Å². The van der Waals surface area contributed by atoms with Crippen LogP contribution in [0.15, 0.2) is 18.2 Å². The monoisotopic (exact) mass is 302 g/mol. The summed E-state index contributed by atoms with van der Waals surface area (Å²) in [5.74, 6) is 0.00940. The van der Waals surface area contributed by atoms with Gasteiger partial charge in [-0.05, 0) is 43.9 Å². The van der Waals surface area contributed by atoms with E-state index in [0.29, 0.717) is 17.1 Å². The third-order valence-electron chi connectivity index (χ3n) is 3.52. The molecule has 1 aromatic carbocycles. The van der Waals surface area contributed by atoms with Crippen molar-refractivity contribution >= 4 is 29.9 Å². The number of aryl methyl sites for hydroxylation is 1. The van der Waals surface area contributed by atoms with E-state index in [1.807, 2.05) is 30.0 Å². The van der Waals surface area contributed by atoms with Gasteiger partial charge in [-0.15, -0.1) is 12.4 Å². The van der Waals surface area contributed by atoms with Crippen LogP contribution in [0.25, 0.3) is 0 Å². The Morgan fingerprint density at radius 2 is 2.21 bits per heavy atom. The number of rotatable bonds is 2. The largest absolute Gasteiger partial charge is 0.334 e. The van der Waals surface area contributed by atoms with E-state index >= 15 is 0 Å². The average Bonchev–Trinajstić information content (AvgIpc) is 2.38. The number of amides is 1. The Hall–Kier alpha value is -0.770. The number of carbonyl (C=O) groups is 1. The summed E-state index contributed by atoms with van der Waals surface area (Å²) in [6, 6.07) is 5.71. The van der Waals surface area contributed by atoms with Crippen molar-refractivity contribution in [2.75, 3.05) is 13.1 Å². The summed E-state index contributed by atoms with van der Waals surface area (Å²) >= 11 is 6.16. The van der Waals surface area contributed by atoms with E-state index in [-0.39, 0.29) is 24.4 Å². The van der Waals surface area contributed by atoms with Crippen LogP contribution in [0.3, 0.4) is 0 Å². The molecule has 1 atom stereocenters. The fourth-order valence-corrected chi connectivity index (χ4v) is 2.78. The number of halogens is 2. The van der Waals surface area contributed by atoms with Crippen LogP contribution in [-0.2, 0) is 0 Å². The second-order valence-electron chi connectivity index (χ2n) is 4.87. The second kappa shape index (κ2) is 7.13. The van der Waals surface area contributed by atoms with E-state index in [1.165, 1.54) is 0 Å². The molecule has 0 radical (unpaired) electrons. The maximum Gasteiger partial charge on any atom is 0.255 e. The van der Waals surface area contributed by atoms with Crippen molar-refractivity contribution in [2.45, 2.75) is 32.2 Å². The molecule has 1 aliphatic heterocycles. The second-order valence-corrected chi connectivity index (χ2v) is 5.27. The van der Waals surface area contributed by atoms with Crippen LogP contribution in [0.2, 0.25) is 5.02 Å². The van der Waals surface area contributed by atoms with Crippen LogP contribution in [-0.4, -0.2) is 29.9 Å². The lowest BCUT2D eigenvalue weighted by atomic mass is 10.0. The van der Waals surface area contributed by atoms with E-state index in [4.69, 9.17) is 17.3 Å². The van der Waals surface area contributed by atoms with Crippen LogP contribution in [0, 0.1) is 6.92 Å². The maximum absolute atomic E-state index is 12.5. The summed E-state index contributed by atoms with van der Waals surface area (Å²) in [6.07, 6.45) is 3.19. The van der Waals surface area contributed by atoms with E-state index < -0.39 is 0 Å². The number of hydrogen-bond donors (Lipinski definition) is 1. The molecule has 1 aliphatic rings. The Balaban J connectivity index is 0.00000180. The molecule has 2 rings (SSSR count). The predicted molar refractivity (Wildman–Crippen MR) is 81.2 cm³/mol. The van der Waals surface area contributed by atoms with E-state index in [1.54, 1.807) is 0 Å². The van der Waals surface area contributed by atoms with Crippen molar-refractivity contribution in [3.8, 4) is 0 Å². The average molecular weight is 303 g/mol. The van der Waals surface area contributed by atoms with Gasteiger partial charge >= 0.3 is 0 Å². The Kier molecular flexibility index (Phi) is 6.11. The van der Waals surface area contributed by atoms with E-state index in [0.717, 1.165) is 31.4 Å². The Morgan fingerprint density at radius 3 is 2.84 bits per heavy atom. The van der Waals surface area contributed by atoms with Crippen molar-refractivity contribution < 1.29 is 4.79 Å². The molecule has 3 nitrogen and oxygen atoms in total. The molecule has 0 aliphatic carbocycles. The number of carbonyl (C=O) groups excluding carboxylic acids is 1. The number of hydrogen-bond acceptors (Lipinski definition) is 2. The molecule has 19 heavy (non-hydrogen) atoms. The lowest BCUT2D eigenvalue weighted by Gasteiger charge is -2.35. The maximum atomic E-state index is 12.5. The van der Waals surface area contributed by atoms with Crippen LogP contribution < -0.4 is 5.73 Å². The van der Waals surface area contributed by atoms with Crippen molar-refractivity contribution in [3.63, 3.8) is 0 Å². The summed E-state index contributed by atoms with van der Waals surface area (Å²) in [6.45, 7) is 3.27.